The Kier molecular flexibility index (Phi) is 9.51. The lowest BCUT2D eigenvalue weighted by atomic mass is 9.81. The van der Waals surface area contributed by atoms with Gasteiger partial charge in [0.05, 0.1) is 6.04 Å². The van der Waals surface area contributed by atoms with Gasteiger partial charge in [-0.15, -0.1) is 0 Å². The lowest BCUT2D eigenvalue weighted by Crippen LogP contribution is -2.29. The zero-order valence-corrected chi connectivity index (χ0v) is 19.2. The molecule has 1 saturated carbocycles. The van der Waals surface area contributed by atoms with Gasteiger partial charge in [0.15, 0.2) is 0 Å². The maximum atomic E-state index is 4.65. The smallest absolute Gasteiger partial charge is 0.0539 e. The summed E-state index contributed by atoms with van der Waals surface area (Å²) in [5.74, 6) is 0.686. The van der Waals surface area contributed by atoms with Gasteiger partial charge in [-0.2, -0.15) is 0 Å². The first kappa shape index (κ1) is 23.3. The summed E-state index contributed by atoms with van der Waals surface area (Å²) in [5, 5.41) is 0. The first-order valence-electron chi connectivity index (χ1n) is 11.5. The van der Waals surface area contributed by atoms with Gasteiger partial charge in [-0.3, -0.25) is 0 Å². The minimum Gasteiger partial charge on any atom is -0.365 e. The van der Waals surface area contributed by atoms with E-state index in [4.69, 9.17) is 0 Å². The van der Waals surface area contributed by atoms with Gasteiger partial charge in [0.2, 0.25) is 0 Å². The van der Waals surface area contributed by atoms with Gasteiger partial charge in [0, 0.05) is 12.2 Å². The van der Waals surface area contributed by atoms with E-state index in [2.05, 4.69) is 88.2 Å². The molecule has 158 valence electrons. The second-order valence-corrected chi connectivity index (χ2v) is 8.59. The molecule has 1 fully saturated rings. The number of nitrogens with zero attached hydrogens (tertiary/aromatic N) is 1. The van der Waals surface area contributed by atoms with E-state index in [9.17, 15) is 0 Å². The maximum Gasteiger partial charge on any atom is 0.0539 e. The Labute approximate surface area is 179 Å². The standard InChI is InChI=1S/C28H41N/c1-7-21-29(28(8-2)26-17-13-10-14-18-26)24(6)27(20-19-22(3)4)23(5)25-15-11-9-12-16-25/h10,13-14,17-20,25,28H,3,6-9,11-12,15-16,21H2,1-2,4-5H3/b20-19-,27-23-. The molecule has 0 aliphatic heterocycles. The van der Waals surface area contributed by atoms with Crippen molar-refractivity contribution < 1.29 is 0 Å². The third-order valence-corrected chi connectivity index (χ3v) is 6.25. The van der Waals surface area contributed by atoms with Crippen molar-refractivity contribution in [2.45, 2.75) is 78.7 Å². The second kappa shape index (κ2) is 11.9. The Bertz CT molecular complexity index is 716. The molecule has 1 aromatic rings. The van der Waals surface area contributed by atoms with Gasteiger partial charge >= 0.3 is 0 Å². The Morgan fingerprint density at radius 2 is 1.69 bits per heavy atom. The van der Waals surface area contributed by atoms with Gasteiger partial charge in [0.1, 0.15) is 0 Å². The minimum atomic E-state index is 0.357. The van der Waals surface area contributed by atoms with Crippen LogP contribution in [0.2, 0.25) is 0 Å². The molecule has 1 nitrogen and oxygen atoms in total. The van der Waals surface area contributed by atoms with E-state index in [1.165, 1.54) is 54.5 Å². The highest BCUT2D eigenvalue weighted by Gasteiger charge is 2.24. The number of benzene rings is 1. The molecular weight excluding hydrogens is 350 g/mol. The molecule has 0 heterocycles. The largest absolute Gasteiger partial charge is 0.365 e. The van der Waals surface area contributed by atoms with Crippen molar-refractivity contribution >= 4 is 0 Å². The van der Waals surface area contributed by atoms with Crippen LogP contribution in [-0.4, -0.2) is 11.4 Å². The molecule has 0 aromatic heterocycles. The van der Waals surface area contributed by atoms with Crippen molar-refractivity contribution in [3.63, 3.8) is 0 Å². The van der Waals surface area contributed by atoms with E-state index < -0.39 is 0 Å². The van der Waals surface area contributed by atoms with Crippen LogP contribution in [0.1, 0.15) is 84.2 Å². The van der Waals surface area contributed by atoms with E-state index in [1.807, 2.05) is 0 Å². The van der Waals surface area contributed by atoms with E-state index in [1.54, 1.807) is 0 Å². The van der Waals surface area contributed by atoms with Gasteiger partial charge < -0.3 is 4.90 Å². The highest BCUT2D eigenvalue weighted by molar-refractivity contribution is 5.44. The van der Waals surface area contributed by atoms with E-state index in [0.29, 0.717) is 12.0 Å². The SMILES string of the molecule is C=C(C)/C=C\C(C(=C)N(CCC)C(CC)c1ccccc1)=C(/C)C1CCCCC1. The van der Waals surface area contributed by atoms with Crippen molar-refractivity contribution in [2.24, 2.45) is 5.92 Å². The minimum absolute atomic E-state index is 0.357. The van der Waals surface area contributed by atoms with E-state index in [0.717, 1.165) is 25.0 Å². The molecule has 1 unspecified atom stereocenters. The Morgan fingerprint density at radius 3 is 2.24 bits per heavy atom. The third-order valence-electron chi connectivity index (χ3n) is 6.25. The van der Waals surface area contributed by atoms with Crippen molar-refractivity contribution in [1.29, 1.82) is 0 Å². The van der Waals surface area contributed by atoms with Gasteiger partial charge in [0.25, 0.3) is 0 Å². The van der Waals surface area contributed by atoms with Crippen molar-refractivity contribution in [3.05, 3.63) is 83.6 Å². The number of rotatable bonds is 10. The van der Waals surface area contributed by atoms with Crippen LogP contribution in [0.3, 0.4) is 0 Å². The van der Waals surface area contributed by atoms with E-state index >= 15 is 0 Å². The topological polar surface area (TPSA) is 3.24 Å². The van der Waals surface area contributed by atoms with Crippen molar-refractivity contribution in [1.82, 2.24) is 4.90 Å². The maximum absolute atomic E-state index is 4.65. The summed E-state index contributed by atoms with van der Waals surface area (Å²) in [6.07, 6.45) is 13.3. The van der Waals surface area contributed by atoms with E-state index in [-0.39, 0.29) is 0 Å². The second-order valence-electron chi connectivity index (χ2n) is 8.59. The van der Waals surface area contributed by atoms with Gasteiger partial charge in [-0.05, 0) is 56.6 Å². The number of hydrogen-bond acceptors (Lipinski definition) is 1. The van der Waals surface area contributed by atoms with Gasteiger partial charge in [-0.25, -0.2) is 0 Å². The molecule has 1 aromatic carbocycles. The summed E-state index contributed by atoms with van der Waals surface area (Å²) in [7, 11) is 0. The number of hydrogen-bond donors (Lipinski definition) is 0. The molecule has 1 aliphatic rings. The number of allylic oxidation sites excluding steroid dienone is 4. The predicted molar refractivity (Wildman–Crippen MR) is 129 cm³/mol. The lowest BCUT2D eigenvalue weighted by Gasteiger charge is -2.37. The van der Waals surface area contributed by atoms with Crippen LogP contribution in [0.25, 0.3) is 0 Å². The van der Waals surface area contributed by atoms with Crippen LogP contribution in [-0.2, 0) is 0 Å². The molecule has 0 N–H and O–H groups in total. The monoisotopic (exact) mass is 391 g/mol. The molecule has 0 radical (unpaired) electrons. The highest BCUT2D eigenvalue weighted by Crippen LogP contribution is 2.36. The molecule has 1 atom stereocenters. The summed E-state index contributed by atoms with van der Waals surface area (Å²) in [4.78, 5) is 2.54. The fourth-order valence-corrected chi connectivity index (χ4v) is 4.62. The molecule has 0 saturated heterocycles. The first-order chi connectivity index (χ1) is 14.0. The third kappa shape index (κ3) is 6.49. The average molecular weight is 392 g/mol. The van der Waals surface area contributed by atoms with Crippen LogP contribution < -0.4 is 0 Å². The van der Waals surface area contributed by atoms with Crippen molar-refractivity contribution in [2.75, 3.05) is 6.54 Å². The molecule has 0 bridgehead atoms. The van der Waals surface area contributed by atoms with Crippen molar-refractivity contribution in [3.8, 4) is 0 Å². The van der Waals surface area contributed by atoms with Gasteiger partial charge in [-0.1, -0.05) is 99.9 Å². The summed E-state index contributed by atoms with van der Waals surface area (Å²) in [6.45, 7) is 18.7. The zero-order chi connectivity index (χ0) is 21.2. The summed E-state index contributed by atoms with van der Waals surface area (Å²) >= 11 is 0. The first-order valence-corrected chi connectivity index (χ1v) is 11.5. The molecule has 2 rings (SSSR count). The molecule has 0 spiro atoms. The molecular formula is C28H41N. The van der Waals surface area contributed by atoms with Crippen LogP contribution >= 0.6 is 0 Å². The Balaban J connectivity index is 2.45. The molecule has 0 amide bonds. The summed E-state index contributed by atoms with van der Waals surface area (Å²) in [5.41, 5.74) is 6.47. The average Bonchev–Trinajstić information content (AvgIpc) is 2.74. The molecule has 1 aliphatic carbocycles. The quantitative estimate of drug-likeness (QED) is 0.362. The predicted octanol–water partition coefficient (Wildman–Crippen LogP) is 8.39. The van der Waals surface area contributed by atoms with Crippen LogP contribution in [0.5, 0.6) is 0 Å². The zero-order valence-electron chi connectivity index (χ0n) is 19.2. The fraction of sp³-hybridized carbons (Fsp3) is 0.500. The van der Waals surface area contributed by atoms with Crippen LogP contribution in [0, 0.1) is 5.92 Å². The van der Waals surface area contributed by atoms with Crippen LogP contribution in [0.15, 0.2) is 78.1 Å². The van der Waals surface area contributed by atoms with Crippen LogP contribution in [0.4, 0.5) is 0 Å². The lowest BCUT2D eigenvalue weighted by molar-refractivity contribution is 0.254. The fourth-order valence-electron chi connectivity index (χ4n) is 4.62. The Hall–Kier alpha value is -2.02. The summed E-state index contributed by atoms with van der Waals surface area (Å²) in [6, 6.07) is 11.3. The summed E-state index contributed by atoms with van der Waals surface area (Å²) < 4.78 is 0. The highest BCUT2D eigenvalue weighted by atomic mass is 15.2. The molecule has 1 heteroatoms. The Morgan fingerprint density at radius 1 is 1.03 bits per heavy atom. The normalized spacial score (nSPS) is 17.1. The molecule has 29 heavy (non-hydrogen) atoms.